The van der Waals surface area contributed by atoms with Crippen molar-refractivity contribution in [1.29, 1.82) is 0 Å². The fourth-order valence-corrected chi connectivity index (χ4v) is 2.10. The van der Waals surface area contributed by atoms with Gasteiger partial charge in [-0.05, 0) is 30.3 Å². The first-order valence-corrected chi connectivity index (χ1v) is 7.26. The molecule has 0 saturated heterocycles. The van der Waals surface area contributed by atoms with E-state index in [9.17, 15) is 9.59 Å². The molecule has 0 spiro atoms. The zero-order chi connectivity index (χ0) is 17.0. The van der Waals surface area contributed by atoms with Gasteiger partial charge in [-0.1, -0.05) is 11.6 Å². The molecule has 120 valence electrons. The average molecular weight is 333 g/mol. The molecule has 2 rings (SSSR count). The second-order valence-corrected chi connectivity index (χ2v) is 5.56. The average Bonchev–Trinajstić information content (AvgIpc) is 2.49. The van der Waals surface area contributed by atoms with E-state index in [4.69, 9.17) is 11.6 Å². The number of benzene rings is 1. The van der Waals surface area contributed by atoms with Gasteiger partial charge in [-0.3, -0.25) is 14.6 Å². The van der Waals surface area contributed by atoms with Crippen LogP contribution in [-0.4, -0.2) is 30.9 Å². The van der Waals surface area contributed by atoms with Crippen molar-refractivity contribution in [3.8, 4) is 0 Å². The highest BCUT2D eigenvalue weighted by Gasteiger charge is 2.12. The number of aromatic nitrogens is 1. The van der Waals surface area contributed by atoms with Crippen molar-refractivity contribution in [2.24, 2.45) is 0 Å². The lowest BCUT2D eigenvalue weighted by molar-refractivity contribution is -0.114. The quantitative estimate of drug-likeness (QED) is 0.902. The molecule has 0 fully saturated rings. The van der Waals surface area contributed by atoms with E-state index in [0.29, 0.717) is 16.4 Å². The van der Waals surface area contributed by atoms with Crippen molar-refractivity contribution < 1.29 is 9.59 Å². The molecule has 7 heteroatoms. The summed E-state index contributed by atoms with van der Waals surface area (Å²) in [7, 11) is 3.76. The van der Waals surface area contributed by atoms with Crippen LogP contribution in [0, 0.1) is 0 Å². The van der Waals surface area contributed by atoms with E-state index in [1.807, 2.05) is 25.1 Å². The predicted octanol–water partition coefficient (Wildman–Crippen LogP) is 3.01. The van der Waals surface area contributed by atoms with Crippen LogP contribution in [0.3, 0.4) is 0 Å². The minimum absolute atomic E-state index is 0.254. The van der Waals surface area contributed by atoms with Gasteiger partial charge in [-0.25, -0.2) is 0 Å². The van der Waals surface area contributed by atoms with Crippen molar-refractivity contribution >= 4 is 40.5 Å². The number of pyridine rings is 1. The highest BCUT2D eigenvalue weighted by molar-refractivity contribution is 6.31. The highest BCUT2D eigenvalue weighted by atomic mass is 35.5. The molecule has 0 unspecified atom stereocenters. The van der Waals surface area contributed by atoms with Crippen LogP contribution in [0.15, 0.2) is 36.5 Å². The van der Waals surface area contributed by atoms with E-state index in [0.717, 1.165) is 5.69 Å². The highest BCUT2D eigenvalue weighted by Crippen LogP contribution is 2.26. The van der Waals surface area contributed by atoms with Crippen molar-refractivity contribution in [2.45, 2.75) is 6.92 Å². The Labute approximate surface area is 139 Å². The first kappa shape index (κ1) is 16.8. The summed E-state index contributed by atoms with van der Waals surface area (Å²) in [6, 6.07) is 8.32. The Morgan fingerprint density at radius 2 is 1.83 bits per heavy atom. The van der Waals surface area contributed by atoms with Gasteiger partial charge < -0.3 is 15.5 Å². The van der Waals surface area contributed by atoms with Crippen LogP contribution in [0.1, 0.15) is 17.4 Å². The first-order chi connectivity index (χ1) is 10.9. The standard InChI is InChI=1S/C16H17ClN4O2/c1-10(22)19-14-8-11(17)4-5-13(14)20-16(23)15-9-12(21(2)3)6-7-18-15/h4-9H,1-3H3,(H,19,22)(H,20,23). The van der Waals surface area contributed by atoms with Crippen LogP contribution >= 0.6 is 11.6 Å². The van der Waals surface area contributed by atoms with E-state index in [-0.39, 0.29) is 17.5 Å². The van der Waals surface area contributed by atoms with E-state index in [2.05, 4.69) is 15.6 Å². The number of carbonyl (C=O) groups excluding carboxylic acids is 2. The molecule has 0 atom stereocenters. The number of amides is 2. The van der Waals surface area contributed by atoms with Crippen LogP contribution in [-0.2, 0) is 4.79 Å². The molecule has 23 heavy (non-hydrogen) atoms. The van der Waals surface area contributed by atoms with E-state index < -0.39 is 0 Å². The molecule has 2 amide bonds. The summed E-state index contributed by atoms with van der Waals surface area (Å²) in [5, 5.41) is 5.82. The van der Waals surface area contributed by atoms with Crippen LogP contribution in [0.5, 0.6) is 0 Å². The number of halogens is 1. The molecule has 0 aliphatic rings. The molecule has 6 nitrogen and oxygen atoms in total. The summed E-state index contributed by atoms with van der Waals surface area (Å²) >= 11 is 5.93. The topological polar surface area (TPSA) is 74.3 Å². The third-order valence-corrected chi connectivity index (χ3v) is 3.27. The van der Waals surface area contributed by atoms with Gasteiger partial charge in [0.05, 0.1) is 11.4 Å². The van der Waals surface area contributed by atoms with E-state index >= 15 is 0 Å². The van der Waals surface area contributed by atoms with Crippen molar-refractivity contribution in [1.82, 2.24) is 4.98 Å². The molecule has 0 bridgehead atoms. The van der Waals surface area contributed by atoms with Crippen LogP contribution in [0.25, 0.3) is 0 Å². The Morgan fingerprint density at radius 3 is 2.48 bits per heavy atom. The van der Waals surface area contributed by atoms with Crippen molar-refractivity contribution in [2.75, 3.05) is 29.6 Å². The van der Waals surface area contributed by atoms with Gasteiger partial charge in [0, 0.05) is 37.9 Å². The lowest BCUT2D eigenvalue weighted by atomic mass is 10.2. The monoisotopic (exact) mass is 332 g/mol. The summed E-state index contributed by atoms with van der Waals surface area (Å²) in [6.45, 7) is 1.38. The van der Waals surface area contributed by atoms with Gasteiger partial charge in [0.15, 0.2) is 0 Å². The lowest BCUT2D eigenvalue weighted by Crippen LogP contribution is -2.17. The van der Waals surface area contributed by atoms with E-state index in [1.165, 1.54) is 6.92 Å². The largest absolute Gasteiger partial charge is 0.378 e. The summed E-state index contributed by atoms with van der Waals surface area (Å²) in [5.74, 6) is -0.627. The number of hydrogen-bond acceptors (Lipinski definition) is 4. The Morgan fingerprint density at radius 1 is 1.09 bits per heavy atom. The molecule has 2 N–H and O–H groups in total. The first-order valence-electron chi connectivity index (χ1n) is 6.88. The molecule has 0 radical (unpaired) electrons. The maximum Gasteiger partial charge on any atom is 0.274 e. The summed E-state index contributed by atoms with van der Waals surface area (Å²) < 4.78 is 0. The third kappa shape index (κ3) is 4.43. The Kier molecular flexibility index (Phi) is 5.18. The maximum atomic E-state index is 12.4. The van der Waals surface area contributed by atoms with Gasteiger partial charge in [-0.2, -0.15) is 0 Å². The van der Waals surface area contributed by atoms with Gasteiger partial charge >= 0.3 is 0 Å². The summed E-state index contributed by atoms with van der Waals surface area (Å²) in [5.41, 5.74) is 2.03. The third-order valence-electron chi connectivity index (χ3n) is 3.03. The fourth-order valence-electron chi connectivity index (χ4n) is 1.93. The smallest absolute Gasteiger partial charge is 0.274 e. The van der Waals surface area contributed by atoms with Crippen LogP contribution in [0.4, 0.5) is 17.1 Å². The number of nitrogens with zero attached hydrogens (tertiary/aromatic N) is 2. The van der Waals surface area contributed by atoms with Crippen molar-refractivity contribution in [3.05, 3.63) is 47.2 Å². The van der Waals surface area contributed by atoms with Gasteiger partial charge in [-0.15, -0.1) is 0 Å². The van der Waals surface area contributed by atoms with E-state index in [1.54, 1.807) is 30.5 Å². The molecule has 0 aliphatic carbocycles. The number of nitrogens with one attached hydrogen (secondary N) is 2. The molecule has 0 aliphatic heterocycles. The number of hydrogen-bond donors (Lipinski definition) is 2. The van der Waals surface area contributed by atoms with Crippen LogP contribution < -0.4 is 15.5 Å². The van der Waals surface area contributed by atoms with Gasteiger partial charge in [0.25, 0.3) is 5.91 Å². The van der Waals surface area contributed by atoms with Gasteiger partial charge in [0.1, 0.15) is 5.69 Å². The SMILES string of the molecule is CC(=O)Nc1cc(Cl)ccc1NC(=O)c1cc(N(C)C)ccn1. The van der Waals surface area contributed by atoms with Crippen molar-refractivity contribution in [3.63, 3.8) is 0 Å². The normalized spacial score (nSPS) is 10.1. The Bertz CT molecular complexity index is 747. The predicted molar refractivity (Wildman–Crippen MR) is 92.3 cm³/mol. The Balaban J connectivity index is 2.26. The minimum Gasteiger partial charge on any atom is -0.378 e. The second-order valence-electron chi connectivity index (χ2n) is 5.12. The molecule has 1 aromatic heterocycles. The summed E-state index contributed by atoms with van der Waals surface area (Å²) in [6.07, 6.45) is 1.57. The number of rotatable bonds is 4. The molecular weight excluding hydrogens is 316 g/mol. The molecule has 0 saturated carbocycles. The maximum absolute atomic E-state index is 12.4. The summed E-state index contributed by atoms with van der Waals surface area (Å²) in [4.78, 5) is 29.6. The lowest BCUT2D eigenvalue weighted by Gasteiger charge is -2.14. The molecule has 1 heterocycles. The number of carbonyl (C=O) groups is 2. The zero-order valence-electron chi connectivity index (χ0n) is 13.1. The van der Waals surface area contributed by atoms with Crippen LogP contribution in [0.2, 0.25) is 5.02 Å². The second kappa shape index (κ2) is 7.11. The molecule has 2 aromatic rings. The molecular formula is C16H17ClN4O2. The van der Waals surface area contributed by atoms with Gasteiger partial charge in [0.2, 0.25) is 5.91 Å². The minimum atomic E-state index is -0.373. The zero-order valence-corrected chi connectivity index (χ0v) is 13.8. The number of anilines is 3. The molecule has 1 aromatic carbocycles. The fraction of sp³-hybridized carbons (Fsp3) is 0.188. The Hall–Kier alpha value is -2.60.